The van der Waals surface area contributed by atoms with Crippen LogP contribution in [0.3, 0.4) is 0 Å². The van der Waals surface area contributed by atoms with E-state index in [1.165, 1.54) is 31.2 Å². The quantitative estimate of drug-likeness (QED) is 0.469. The number of ether oxygens (including phenoxy) is 2. The number of nitrogens with one attached hydrogen (secondary N) is 1. The van der Waals surface area contributed by atoms with Crippen LogP contribution in [-0.2, 0) is 14.3 Å². The number of benzene rings is 3. The van der Waals surface area contributed by atoms with Crippen LogP contribution in [0.2, 0.25) is 0 Å². The number of rotatable bonds is 7. The Morgan fingerprint density at radius 3 is 2.14 bits per heavy atom. The van der Waals surface area contributed by atoms with Crippen molar-refractivity contribution in [1.82, 2.24) is 4.90 Å². The second-order valence-corrected chi connectivity index (χ2v) is 8.58. The normalized spacial score (nSPS) is 14.6. The summed E-state index contributed by atoms with van der Waals surface area (Å²) in [4.78, 5) is 39.3. The van der Waals surface area contributed by atoms with E-state index in [0.717, 1.165) is 0 Å². The summed E-state index contributed by atoms with van der Waals surface area (Å²) >= 11 is 0. The zero-order chi connectivity index (χ0) is 25.5. The smallest absolute Gasteiger partial charge is 0.309 e. The number of hydrogen-bond acceptors (Lipinski definition) is 5. The summed E-state index contributed by atoms with van der Waals surface area (Å²) in [6, 6.07) is 21.6. The van der Waals surface area contributed by atoms with E-state index in [-0.39, 0.29) is 5.91 Å². The van der Waals surface area contributed by atoms with Gasteiger partial charge in [0.15, 0.2) is 6.10 Å². The van der Waals surface area contributed by atoms with Crippen LogP contribution in [0.4, 0.5) is 10.1 Å². The fraction of sp³-hybridized carbons (Fsp3) is 0.250. The second-order valence-electron chi connectivity index (χ2n) is 8.58. The van der Waals surface area contributed by atoms with Gasteiger partial charge >= 0.3 is 5.97 Å². The largest absolute Gasteiger partial charge is 0.457 e. The van der Waals surface area contributed by atoms with Gasteiger partial charge in [-0.15, -0.1) is 0 Å². The molecule has 1 atom stereocenters. The summed E-state index contributed by atoms with van der Waals surface area (Å²) < 4.78 is 24.2. The third-order valence-corrected chi connectivity index (χ3v) is 5.97. The predicted molar refractivity (Wildman–Crippen MR) is 132 cm³/mol. The number of likely N-dealkylation sites (tertiary alicyclic amines) is 1. The van der Waals surface area contributed by atoms with Crippen LogP contribution >= 0.6 is 0 Å². The Morgan fingerprint density at radius 2 is 1.50 bits per heavy atom. The highest BCUT2D eigenvalue weighted by Gasteiger charge is 2.30. The number of carbonyl (C=O) groups excluding carboxylic acids is 3. The number of para-hydroxylation sites is 1. The van der Waals surface area contributed by atoms with Crippen molar-refractivity contribution >= 4 is 23.5 Å². The molecule has 0 aromatic heterocycles. The van der Waals surface area contributed by atoms with Crippen LogP contribution in [0.5, 0.6) is 11.5 Å². The van der Waals surface area contributed by atoms with Crippen LogP contribution in [0.25, 0.3) is 0 Å². The van der Waals surface area contributed by atoms with Gasteiger partial charge in [-0.25, -0.2) is 4.39 Å². The molecule has 8 heteroatoms. The maximum atomic E-state index is 13.1. The first-order valence-electron chi connectivity index (χ1n) is 11.8. The van der Waals surface area contributed by atoms with Crippen molar-refractivity contribution < 1.29 is 28.2 Å². The fourth-order valence-electron chi connectivity index (χ4n) is 3.89. The van der Waals surface area contributed by atoms with Crippen LogP contribution in [0, 0.1) is 11.7 Å². The topological polar surface area (TPSA) is 84.9 Å². The van der Waals surface area contributed by atoms with E-state index in [9.17, 15) is 18.8 Å². The summed E-state index contributed by atoms with van der Waals surface area (Å²) in [5.74, 6) is -0.563. The molecule has 186 valence electrons. The molecule has 1 N–H and O–H groups in total. The number of esters is 1. The first-order chi connectivity index (χ1) is 17.4. The first kappa shape index (κ1) is 24.9. The van der Waals surface area contributed by atoms with E-state index in [1.54, 1.807) is 29.2 Å². The molecule has 7 nitrogen and oxygen atoms in total. The van der Waals surface area contributed by atoms with Crippen molar-refractivity contribution in [3.63, 3.8) is 0 Å². The average molecular weight is 491 g/mol. The van der Waals surface area contributed by atoms with E-state index in [1.807, 2.05) is 30.3 Å². The summed E-state index contributed by atoms with van der Waals surface area (Å²) in [5, 5.41) is 2.73. The Morgan fingerprint density at radius 1 is 0.889 bits per heavy atom. The molecule has 1 saturated heterocycles. The summed E-state index contributed by atoms with van der Waals surface area (Å²) in [7, 11) is 0. The lowest BCUT2D eigenvalue weighted by molar-refractivity contribution is -0.158. The molecule has 0 saturated carbocycles. The maximum Gasteiger partial charge on any atom is 0.309 e. The van der Waals surface area contributed by atoms with Crippen LogP contribution in [0.15, 0.2) is 78.9 Å². The summed E-state index contributed by atoms with van der Waals surface area (Å²) in [6.07, 6.45) is -0.108. The Hall–Kier alpha value is -4.20. The van der Waals surface area contributed by atoms with Gasteiger partial charge in [-0.1, -0.05) is 18.2 Å². The fourth-order valence-corrected chi connectivity index (χ4v) is 3.89. The van der Waals surface area contributed by atoms with E-state index < -0.39 is 29.7 Å². The molecular weight excluding hydrogens is 463 g/mol. The van der Waals surface area contributed by atoms with Crippen molar-refractivity contribution in [3.05, 3.63) is 90.2 Å². The molecule has 1 unspecified atom stereocenters. The highest BCUT2D eigenvalue weighted by molar-refractivity contribution is 5.95. The number of amides is 2. The average Bonchev–Trinajstić information content (AvgIpc) is 2.90. The zero-order valence-electron chi connectivity index (χ0n) is 19.9. The molecule has 0 spiro atoms. The molecule has 0 radical (unpaired) electrons. The number of nitrogens with zero attached hydrogens (tertiary/aromatic N) is 1. The SMILES string of the molecule is CC(OC(=O)C1CCN(C(=O)c2ccc(F)cc2)CC1)C(=O)Nc1ccc(Oc2ccccc2)cc1. The van der Waals surface area contributed by atoms with Gasteiger partial charge in [-0.2, -0.15) is 0 Å². The zero-order valence-corrected chi connectivity index (χ0v) is 19.9. The van der Waals surface area contributed by atoms with Gasteiger partial charge in [0.1, 0.15) is 17.3 Å². The molecule has 3 aromatic carbocycles. The van der Waals surface area contributed by atoms with Gasteiger partial charge in [0.05, 0.1) is 5.92 Å². The molecule has 36 heavy (non-hydrogen) atoms. The lowest BCUT2D eigenvalue weighted by Gasteiger charge is -2.31. The Bertz CT molecular complexity index is 1190. The van der Waals surface area contributed by atoms with Gasteiger partial charge in [0.2, 0.25) is 0 Å². The van der Waals surface area contributed by atoms with Crippen molar-refractivity contribution in [2.45, 2.75) is 25.9 Å². The molecule has 0 bridgehead atoms. The van der Waals surface area contributed by atoms with E-state index in [4.69, 9.17) is 9.47 Å². The first-order valence-corrected chi connectivity index (χ1v) is 11.8. The number of halogens is 1. The van der Waals surface area contributed by atoms with E-state index in [0.29, 0.717) is 48.7 Å². The lowest BCUT2D eigenvalue weighted by Crippen LogP contribution is -2.41. The molecule has 1 fully saturated rings. The predicted octanol–water partition coefficient (Wildman–Crippen LogP) is 5.04. The third-order valence-electron chi connectivity index (χ3n) is 5.97. The lowest BCUT2D eigenvalue weighted by atomic mass is 9.96. The Balaban J connectivity index is 1.22. The van der Waals surface area contributed by atoms with Crippen molar-refractivity contribution in [3.8, 4) is 11.5 Å². The minimum Gasteiger partial charge on any atom is -0.457 e. The van der Waals surface area contributed by atoms with Crippen molar-refractivity contribution in [1.29, 1.82) is 0 Å². The van der Waals surface area contributed by atoms with Gasteiger partial charge in [0, 0.05) is 24.3 Å². The molecule has 1 aliphatic rings. The minimum atomic E-state index is -0.975. The number of carbonyl (C=O) groups is 3. The molecular formula is C28H27FN2O5. The van der Waals surface area contributed by atoms with Crippen LogP contribution in [0.1, 0.15) is 30.1 Å². The number of piperidine rings is 1. The molecule has 2 amide bonds. The summed E-state index contributed by atoms with van der Waals surface area (Å²) in [5.41, 5.74) is 0.957. The molecule has 0 aliphatic carbocycles. The van der Waals surface area contributed by atoms with Crippen LogP contribution in [-0.4, -0.2) is 41.9 Å². The van der Waals surface area contributed by atoms with Gasteiger partial charge < -0.3 is 19.7 Å². The van der Waals surface area contributed by atoms with Gasteiger partial charge in [-0.05, 0) is 80.4 Å². The highest BCUT2D eigenvalue weighted by Crippen LogP contribution is 2.24. The van der Waals surface area contributed by atoms with Crippen LogP contribution < -0.4 is 10.1 Å². The standard InChI is InChI=1S/C28H27FN2O5/c1-19(26(32)30-23-11-13-25(14-12-23)36-24-5-3-2-4-6-24)35-28(34)21-15-17-31(18-16-21)27(33)20-7-9-22(29)10-8-20/h2-14,19,21H,15-18H2,1H3,(H,30,32). The maximum absolute atomic E-state index is 13.1. The van der Waals surface area contributed by atoms with Gasteiger partial charge in [0.25, 0.3) is 11.8 Å². The van der Waals surface area contributed by atoms with E-state index in [2.05, 4.69) is 5.32 Å². The molecule has 1 heterocycles. The third kappa shape index (κ3) is 6.47. The molecule has 1 aliphatic heterocycles. The monoisotopic (exact) mass is 490 g/mol. The second kappa shape index (κ2) is 11.5. The number of hydrogen-bond donors (Lipinski definition) is 1. The highest BCUT2D eigenvalue weighted by atomic mass is 19.1. The van der Waals surface area contributed by atoms with E-state index >= 15 is 0 Å². The van der Waals surface area contributed by atoms with Crippen molar-refractivity contribution in [2.24, 2.45) is 5.92 Å². The van der Waals surface area contributed by atoms with Gasteiger partial charge in [-0.3, -0.25) is 14.4 Å². The summed E-state index contributed by atoms with van der Waals surface area (Å²) in [6.45, 7) is 2.29. The minimum absolute atomic E-state index is 0.199. The van der Waals surface area contributed by atoms with Crippen molar-refractivity contribution in [2.75, 3.05) is 18.4 Å². The number of anilines is 1. The Labute approximate surface area is 208 Å². The molecule has 3 aromatic rings. The molecule has 4 rings (SSSR count). The Kier molecular flexibility index (Phi) is 7.95.